The van der Waals surface area contributed by atoms with Gasteiger partial charge in [0.15, 0.2) is 0 Å². The van der Waals surface area contributed by atoms with Gasteiger partial charge in [0.2, 0.25) is 0 Å². The maximum absolute atomic E-state index is 12.8. The summed E-state index contributed by atoms with van der Waals surface area (Å²) in [7, 11) is 0. The number of hydrogen-bond acceptors (Lipinski definition) is 3. The first-order valence-corrected chi connectivity index (χ1v) is 8.76. The Bertz CT molecular complexity index is 545. The van der Waals surface area contributed by atoms with Crippen LogP contribution in [-0.2, 0) is 9.53 Å². The van der Waals surface area contributed by atoms with Crippen LogP contribution >= 0.6 is 11.6 Å². The molecule has 0 aliphatic heterocycles. The number of nitrogens with one attached hydrogen (secondary N) is 1. The molecule has 0 aromatic heterocycles. The largest absolute Gasteiger partial charge is 0.492 e. The Morgan fingerprint density at radius 1 is 1.39 bits per heavy atom. The molecule has 2 rings (SSSR count). The van der Waals surface area contributed by atoms with Crippen LogP contribution < -0.4 is 10.1 Å². The van der Waals surface area contributed by atoms with Gasteiger partial charge in [-0.2, -0.15) is 0 Å². The topological polar surface area (TPSA) is 47.6 Å². The summed E-state index contributed by atoms with van der Waals surface area (Å²) in [6, 6.07) is 5.30. The average molecular weight is 340 g/mol. The van der Waals surface area contributed by atoms with Crippen molar-refractivity contribution in [1.82, 2.24) is 0 Å². The van der Waals surface area contributed by atoms with E-state index in [2.05, 4.69) is 12.2 Å². The standard InChI is InChI=1S/C18H26ClNO3/c1-4-22-16-9-8-14(11-15(16)19)20-17(21)18(23-5-2)10-6-7-13(3)12-18/h8-9,11,13H,4-7,10,12H2,1-3H3,(H,20,21). The van der Waals surface area contributed by atoms with Crippen molar-refractivity contribution < 1.29 is 14.3 Å². The van der Waals surface area contributed by atoms with Gasteiger partial charge in [-0.25, -0.2) is 0 Å². The highest BCUT2D eigenvalue weighted by Gasteiger charge is 2.42. The minimum atomic E-state index is -0.725. The Labute approximate surface area is 143 Å². The third-order valence-corrected chi connectivity index (χ3v) is 4.58. The van der Waals surface area contributed by atoms with E-state index in [1.54, 1.807) is 18.2 Å². The molecule has 0 radical (unpaired) electrons. The Balaban J connectivity index is 2.13. The van der Waals surface area contributed by atoms with Gasteiger partial charge >= 0.3 is 0 Å². The molecule has 1 aliphatic rings. The van der Waals surface area contributed by atoms with Gasteiger partial charge in [-0.3, -0.25) is 4.79 Å². The summed E-state index contributed by atoms with van der Waals surface area (Å²) in [6.07, 6.45) is 3.69. The van der Waals surface area contributed by atoms with Crippen LogP contribution in [0.3, 0.4) is 0 Å². The highest BCUT2D eigenvalue weighted by molar-refractivity contribution is 6.32. The highest BCUT2D eigenvalue weighted by atomic mass is 35.5. The number of anilines is 1. The van der Waals surface area contributed by atoms with Crippen molar-refractivity contribution in [2.24, 2.45) is 5.92 Å². The fourth-order valence-electron chi connectivity index (χ4n) is 3.28. The zero-order chi connectivity index (χ0) is 16.9. The van der Waals surface area contributed by atoms with Crippen LogP contribution in [0.2, 0.25) is 5.02 Å². The number of benzene rings is 1. The predicted molar refractivity (Wildman–Crippen MR) is 93.2 cm³/mol. The maximum atomic E-state index is 12.8. The molecule has 1 fully saturated rings. The van der Waals surface area contributed by atoms with E-state index in [4.69, 9.17) is 21.1 Å². The number of rotatable bonds is 6. The molecule has 1 N–H and O–H groups in total. The lowest BCUT2D eigenvalue weighted by Crippen LogP contribution is -2.48. The Morgan fingerprint density at radius 2 is 2.17 bits per heavy atom. The van der Waals surface area contributed by atoms with Gasteiger partial charge in [-0.05, 0) is 57.2 Å². The summed E-state index contributed by atoms with van der Waals surface area (Å²) >= 11 is 6.19. The molecule has 2 atom stereocenters. The summed E-state index contributed by atoms with van der Waals surface area (Å²) in [4.78, 5) is 12.8. The van der Waals surface area contributed by atoms with Crippen LogP contribution in [-0.4, -0.2) is 24.7 Å². The van der Waals surface area contributed by atoms with Crippen LogP contribution in [0.4, 0.5) is 5.69 Å². The van der Waals surface area contributed by atoms with Crippen molar-refractivity contribution in [1.29, 1.82) is 0 Å². The second-order valence-corrected chi connectivity index (χ2v) is 6.57. The van der Waals surface area contributed by atoms with Gasteiger partial charge in [-0.1, -0.05) is 24.9 Å². The Morgan fingerprint density at radius 3 is 2.78 bits per heavy atom. The number of ether oxygens (including phenoxy) is 2. The second kappa shape index (κ2) is 8.02. The minimum absolute atomic E-state index is 0.0777. The zero-order valence-corrected chi connectivity index (χ0v) is 14.9. The Hall–Kier alpha value is -1.26. The molecule has 128 valence electrons. The van der Waals surface area contributed by atoms with Gasteiger partial charge < -0.3 is 14.8 Å². The fourth-order valence-corrected chi connectivity index (χ4v) is 3.51. The van der Waals surface area contributed by atoms with Crippen molar-refractivity contribution in [3.63, 3.8) is 0 Å². The molecule has 1 amide bonds. The van der Waals surface area contributed by atoms with Crippen LogP contribution in [0.15, 0.2) is 18.2 Å². The van der Waals surface area contributed by atoms with Crippen molar-refractivity contribution in [2.75, 3.05) is 18.5 Å². The quantitative estimate of drug-likeness (QED) is 0.819. The summed E-state index contributed by atoms with van der Waals surface area (Å²) in [5.41, 5.74) is -0.0574. The number of hydrogen-bond donors (Lipinski definition) is 1. The molecule has 23 heavy (non-hydrogen) atoms. The smallest absolute Gasteiger partial charge is 0.256 e. The third-order valence-electron chi connectivity index (χ3n) is 4.28. The van der Waals surface area contributed by atoms with E-state index in [1.165, 1.54) is 0 Å². The van der Waals surface area contributed by atoms with Crippen molar-refractivity contribution in [3.05, 3.63) is 23.2 Å². The van der Waals surface area contributed by atoms with Gasteiger partial charge in [0.25, 0.3) is 5.91 Å². The number of carbonyl (C=O) groups excluding carboxylic acids is 1. The minimum Gasteiger partial charge on any atom is -0.492 e. The van der Waals surface area contributed by atoms with Crippen LogP contribution in [0, 0.1) is 5.92 Å². The molecule has 0 saturated heterocycles. The van der Waals surface area contributed by atoms with Crippen LogP contribution in [0.5, 0.6) is 5.75 Å². The molecule has 0 heterocycles. The van der Waals surface area contributed by atoms with E-state index >= 15 is 0 Å². The van der Waals surface area contributed by atoms with Gasteiger partial charge in [0, 0.05) is 12.3 Å². The van der Waals surface area contributed by atoms with Crippen molar-refractivity contribution >= 4 is 23.2 Å². The summed E-state index contributed by atoms with van der Waals surface area (Å²) in [6.45, 7) is 7.10. The van der Waals surface area contributed by atoms with Crippen LogP contribution in [0.1, 0.15) is 46.5 Å². The normalized spacial score (nSPS) is 24.3. The summed E-state index contributed by atoms with van der Waals surface area (Å²) in [5, 5.41) is 3.46. The van der Waals surface area contributed by atoms with E-state index in [0.717, 1.165) is 25.7 Å². The van der Waals surface area contributed by atoms with E-state index < -0.39 is 5.60 Å². The Kier molecular flexibility index (Phi) is 6.31. The predicted octanol–water partition coefficient (Wildman–Crippen LogP) is 4.66. The maximum Gasteiger partial charge on any atom is 0.256 e. The first kappa shape index (κ1) is 18.1. The van der Waals surface area contributed by atoms with Crippen molar-refractivity contribution in [2.45, 2.75) is 52.1 Å². The zero-order valence-electron chi connectivity index (χ0n) is 14.2. The first-order chi connectivity index (χ1) is 11.0. The summed E-state index contributed by atoms with van der Waals surface area (Å²) in [5.74, 6) is 1.04. The van der Waals surface area contributed by atoms with Crippen LogP contribution in [0.25, 0.3) is 0 Å². The molecule has 1 aromatic rings. The molecule has 0 spiro atoms. The molecule has 5 heteroatoms. The fraction of sp³-hybridized carbons (Fsp3) is 0.611. The molecule has 1 saturated carbocycles. The molecule has 2 unspecified atom stereocenters. The van der Waals surface area contributed by atoms with E-state index in [9.17, 15) is 4.79 Å². The van der Waals surface area contributed by atoms with Gasteiger partial charge in [0.1, 0.15) is 11.4 Å². The second-order valence-electron chi connectivity index (χ2n) is 6.16. The SMILES string of the molecule is CCOc1ccc(NC(=O)C2(OCC)CCCC(C)C2)cc1Cl. The summed E-state index contributed by atoms with van der Waals surface area (Å²) < 4.78 is 11.3. The molecular formula is C18H26ClNO3. The molecule has 1 aromatic carbocycles. The van der Waals surface area contributed by atoms with E-state index in [0.29, 0.717) is 35.6 Å². The third kappa shape index (κ3) is 4.39. The highest BCUT2D eigenvalue weighted by Crippen LogP contribution is 2.36. The van der Waals surface area contributed by atoms with Gasteiger partial charge in [0.05, 0.1) is 11.6 Å². The van der Waals surface area contributed by atoms with E-state index in [-0.39, 0.29) is 5.91 Å². The molecule has 4 nitrogen and oxygen atoms in total. The average Bonchev–Trinajstić information content (AvgIpc) is 2.50. The monoisotopic (exact) mass is 339 g/mol. The molecular weight excluding hydrogens is 314 g/mol. The van der Waals surface area contributed by atoms with Gasteiger partial charge in [-0.15, -0.1) is 0 Å². The number of carbonyl (C=O) groups is 1. The lowest BCUT2D eigenvalue weighted by Gasteiger charge is -2.38. The first-order valence-electron chi connectivity index (χ1n) is 8.38. The van der Waals surface area contributed by atoms with E-state index in [1.807, 2.05) is 13.8 Å². The molecule has 1 aliphatic carbocycles. The number of halogens is 1. The number of amides is 1. The van der Waals surface area contributed by atoms with Crippen molar-refractivity contribution in [3.8, 4) is 5.75 Å². The lowest BCUT2D eigenvalue weighted by molar-refractivity contribution is -0.147. The lowest BCUT2D eigenvalue weighted by atomic mass is 9.78. The molecule has 0 bridgehead atoms.